The second-order valence-electron chi connectivity index (χ2n) is 17.9. The Labute approximate surface area is 349 Å². The Bertz CT molecular complexity index is 2860. The van der Waals surface area contributed by atoms with Gasteiger partial charge in [0.05, 0.1) is 6.04 Å². The first kappa shape index (κ1) is 36.0. The van der Waals surface area contributed by atoms with E-state index in [0.29, 0.717) is 11.7 Å². The van der Waals surface area contributed by atoms with E-state index in [0.717, 1.165) is 39.9 Å². The van der Waals surface area contributed by atoms with E-state index in [4.69, 9.17) is 0 Å². The molecule has 7 aromatic rings. The minimum Gasteiger partial charge on any atom is -0.507 e. The van der Waals surface area contributed by atoms with Crippen LogP contribution < -0.4 is 4.90 Å². The van der Waals surface area contributed by atoms with E-state index >= 15 is 0 Å². The zero-order chi connectivity index (χ0) is 39.8. The largest absolute Gasteiger partial charge is 0.507 e. The fourth-order valence-corrected chi connectivity index (χ4v) is 11.4. The summed E-state index contributed by atoms with van der Waals surface area (Å²) >= 11 is 0. The molecule has 5 aliphatic carbocycles. The van der Waals surface area contributed by atoms with Crippen molar-refractivity contribution in [3.63, 3.8) is 0 Å². The van der Waals surface area contributed by atoms with Gasteiger partial charge in [0.2, 0.25) is 0 Å². The molecular formula is C57H51NO. The molecule has 0 amide bonds. The summed E-state index contributed by atoms with van der Waals surface area (Å²) in [6.07, 6.45) is 14.4. The fourth-order valence-electron chi connectivity index (χ4n) is 11.4. The number of fused-ring (bicyclic) bond motifs is 6. The topological polar surface area (TPSA) is 23.5 Å². The highest BCUT2D eigenvalue weighted by molar-refractivity contribution is 6.01. The van der Waals surface area contributed by atoms with Crippen molar-refractivity contribution in [2.45, 2.75) is 82.6 Å². The minimum absolute atomic E-state index is 0.00710. The Morgan fingerprint density at radius 3 is 2.15 bits per heavy atom. The van der Waals surface area contributed by atoms with Crippen molar-refractivity contribution < 1.29 is 5.11 Å². The van der Waals surface area contributed by atoms with Gasteiger partial charge < -0.3 is 10.0 Å². The van der Waals surface area contributed by atoms with Crippen LogP contribution in [0.4, 0.5) is 11.4 Å². The maximum Gasteiger partial charge on any atom is 0.124 e. The first-order chi connectivity index (χ1) is 28.9. The van der Waals surface area contributed by atoms with E-state index < -0.39 is 0 Å². The average Bonchev–Trinajstić information content (AvgIpc) is 3.36. The molecule has 1 saturated carbocycles. The lowest BCUT2D eigenvalue weighted by Gasteiger charge is -2.39. The average molecular weight is 766 g/mol. The number of nitrogens with zero attached hydrogens (tertiary/aromatic N) is 1. The van der Waals surface area contributed by atoms with E-state index in [2.05, 4.69) is 177 Å². The van der Waals surface area contributed by atoms with Crippen molar-refractivity contribution in [3.8, 4) is 39.1 Å². The fraction of sp³-hybridized carbons (Fsp3) is 0.228. The van der Waals surface area contributed by atoms with Crippen LogP contribution in [0, 0.1) is 0 Å². The van der Waals surface area contributed by atoms with E-state index in [9.17, 15) is 5.11 Å². The second-order valence-corrected chi connectivity index (χ2v) is 17.9. The molecule has 1 unspecified atom stereocenters. The number of aromatic hydroxyl groups is 1. The second kappa shape index (κ2) is 14.0. The molecule has 0 aromatic heterocycles. The quantitative estimate of drug-likeness (QED) is 0.182. The van der Waals surface area contributed by atoms with Gasteiger partial charge in [0.1, 0.15) is 5.75 Å². The van der Waals surface area contributed by atoms with Crippen molar-refractivity contribution in [1.29, 1.82) is 0 Å². The molecule has 1 N–H and O–H groups in total. The first-order valence-electron chi connectivity index (χ1n) is 21.9. The van der Waals surface area contributed by atoms with Gasteiger partial charge in [-0.15, -0.1) is 0 Å². The van der Waals surface area contributed by atoms with Gasteiger partial charge in [-0.1, -0.05) is 167 Å². The lowest BCUT2D eigenvalue weighted by atomic mass is 9.79. The molecule has 0 radical (unpaired) electrons. The van der Waals surface area contributed by atoms with Crippen LogP contribution in [0.2, 0.25) is 0 Å². The number of allylic oxidation sites excluding steroid dienone is 2. The van der Waals surface area contributed by atoms with Crippen molar-refractivity contribution >= 4 is 27.7 Å². The van der Waals surface area contributed by atoms with Gasteiger partial charge in [-0.3, -0.25) is 0 Å². The Kier molecular flexibility index (Phi) is 8.55. The van der Waals surface area contributed by atoms with Gasteiger partial charge in [-0.05, 0) is 127 Å². The molecule has 2 bridgehead atoms. The number of phenols is 1. The summed E-state index contributed by atoms with van der Waals surface area (Å²) in [5, 5.41) is 14.6. The molecule has 0 heterocycles. The van der Waals surface area contributed by atoms with Gasteiger partial charge in [0, 0.05) is 33.8 Å². The molecule has 0 spiro atoms. The number of rotatable bonds is 6. The smallest absolute Gasteiger partial charge is 0.124 e. The van der Waals surface area contributed by atoms with Crippen LogP contribution in [0.3, 0.4) is 0 Å². The summed E-state index contributed by atoms with van der Waals surface area (Å²) < 4.78 is 0. The van der Waals surface area contributed by atoms with Crippen LogP contribution in [0.5, 0.6) is 5.75 Å². The zero-order valence-corrected chi connectivity index (χ0v) is 34.4. The van der Waals surface area contributed by atoms with Crippen molar-refractivity contribution in [2.75, 3.05) is 4.90 Å². The number of para-hydroxylation sites is 1. The lowest BCUT2D eigenvalue weighted by Crippen LogP contribution is -2.33. The molecule has 59 heavy (non-hydrogen) atoms. The normalized spacial score (nSPS) is 18.9. The predicted molar refractivity (Wildman–Crippen MR) is 248 cm³/mol. The number of anilines is 2. The Hall–Kier alpha value is -6.12. The van der Waals surface area contributed by atoms with E-state index in [1.807, 2.05) is 6.07 Å². The van der Waals surface area contributed by atoms with E-state index in [1.165, 1.54) is 93.1 Å². The third-order valence-electron chi connectivity index (χ3n) is 14.4. The molecule has 0 aliphatic heterocycles. The Morgan fingerprint density at radius 2 is 1.31 bits per heavy atom. The van der Waals surface area contributed by atoms with Crippen LogP contribution in [-0.2, 0) is 5.41 Å². The van der Waals surface area contributed by atoms with Crippen LogP contribution in [0.15, 0.2) is 158 Å². The number of hydrogen-bond donors (Lipinski definition) is 1. The molecule has 12 rings (SSSR count). The van der Waals surface area contributed by atoms with Gasteiger partial charge in [0.25, 0.3) is 0 Å². The molecule has 0 saturated heterocycles. The lowest BCUT2D eigenvalue weighted by molar-refractivity contribution is 0.445. The van der Waals surface area contributed by atoms with E-state index in [-0.39, 0.29) is 17.4 Å². The van der Waals surface area contributed by atoms with Gasteiger partial charge in [-0.25, -0.2) is 0 Å². The maximum absolute atomic E-state index is 11.9. The highest BCUT2D eigenvalue weighted by Crippen LogP contribution is 2.54. The summed E-state index contributed by atoms with van der Waals surface area (Å²) in [4.78, 5) is 2.65. The summed E-state index contributed by atoms with van der Waals surface area (Å²) in [5.74, 6) is 1.09. The van der Waals surface area contributed by atoms with Gasteiger partial charge in [0.15, 0.2) is 0 Å². The number of hydrogen-bond acceptors (Lipinski definition) is 2. The molecule has 2 nitrogen and oxygen atoms in total. The van der Waals surface area contributed by atoms with Crippen LogP contribution in [0.1, 0.15) is 105 Å². The summed E-state index contributed by atoms with van der Waals surface area (Å²) in [6, 6.07) is 52.1. The number of phenolic OH excluding ortho intramolecular Hbond substituents is 1. The highest BCUT2D eigenvalue weighted by Gasteiger charge is 2.38. The standard InChI is InChI=1S/C57H51NO/c1-36-39-33-49(56(54(59)34-39)47-25-8-7-21-41(36)47)46-24-11-14-30-53(46)58(40-31-32-44-43-22-9-12-28-50(43)57(2,3)51(44)35-40)52-29-13-10-23-45(52)48-27-16-20-38-19-15-26-42(55(38)48)37-17-5-4-6-18-37/h7-16,19-28,30-37,52,59H,4-6,17-18,29H2,1-3H3/t36-,52?/m0/s1. The molecule has 5 aliphatic rings. The minimum atomic E-state index is -0.144. The summed E-state index contributed by atoms with van der Waals surface area (Å²) in [5.41, 5.74) is 18.4. The molecule has 2 atom stereocenters. The summed E-state index contributed by atoms with van der Waals surface area (Å²) in [7, 11) is 0. The molecule has 7 aromatic carbocycles. The van der Waals surface area contributed by atoms with Crippen LogP contribution >= 0.6 is 0 Å². The predicted octanol–water partition coefficient (Wildman–Crippen LogP) is 15.2. The zero-order valence-electron chi connectivity index (χ0n) is 34.4. The van der Waals surface area contributed by atoms with Gasteiger partial charge >= 0.3 is 0 Å². The third kappa shape index (κ3) is 5.67. The Balaban J connectivity index is 1.15. The SMILES string of the molecule is C[C@H]1c2cc(O)c(c(-c3ccccc3N(c3ccc4c(c3)C(C)(C)c3ccccc3-4)C3CC=CC=C3c3cccc4cccc(C5CCCCC5)c34)c2)-c2ccccc21. The third-order valence-corrected chi connectivity index (χ3v) is 14.4. The Morgan fingerprint density at radius 1 is 0.610 bits per heavy atom. The molecule has 2 heteroatoms. The van der Waals surface area contributed by atoms with Crippen molar-refractivity contribution in [2.24, 2.45) is 0 Å². The van der Waals surface area contributed by atoms with Crippen LogP contribution in [-0.4, -0.2) is 11.1 Å². The van der Waals surface area contributed by atoms with Crippen molar-refractivity contribution in [1.82, 2.24) is 0 Å². The molecule has 290 valence electrons. The van der Waals surface area contributed by atoms with E-state index in [1.54, 1.807) is 0 Å². The highest BCUT2D eigenvalue weighted by atomic mass is 16.3. The van der Waals surface area contributed by atoms with Gasteiger partial charge in [-0.2, -0.15) is 0 Å². The van der Waals surface area contributed by atoms with Crippen molar-refractivity contribution in [3.05, 3.63) is 191 Å². The molecular weight excluding hydrogens is 715 g/mol. The first-order valence-corrected chi connectivity index (χ1v) is 21.9. The number of benzene rings is 7. The maximum atomic E-state index is 11.9. The monoisotopic (exact) mass is 765 g/mol. The summed E-state index contributed by atoms with van der Waals surface area (Å²) in [6.45, 7) is 7.03. The molecule has 1 fully saturated rings. The van der Waals surface area contributed by atoms with Crippen LogP contribution in [0.25, 0.3) is 49.7 Å².